The van der Waals surface area contributed by atoms with Crippen LogP contribution in [0, 0.1) is 0 Å². The van der Waals surface area contributed by atoms with Crippen LogP contribution in [0.25, 0.3) is 0 Å². The highest BCUT2D eigenvalue weighted by Crippen LogP contribution is 2.34. The van der Waals surface area contributed by atoms with Crippen LogP contribution in [0.15, 0.2) is 24.4 Å². The zero-order chi connectivity index (χ0) is 17.3. The number of aromatic nitrogens is 3. The average Bonchev–Trinajstić information content (AvgIpc) is 3.07. The van der Waals surface area contributed by atoms with Gasteiger partial charge in [-0.1, -0.05) is 29.3 Å². The van der Waals surface area contributed by atoms with Crippen molar-refractivity contribution >= 4 is 40.7 Å². The summed E-state index contributed by atoms with van der Waals surface area (Å²) in [5, 5.41) is 12.3. The van der Waals surface area contributed by atoms with Crippen molar-refractivity contribution in [2.24, 2.45) is 0 Å². The Morgan fingerprint density at radius 2 is 1.76 bits per heavy atom. The van der Waals surface area contributed by atoms with E-state index in [-0.39, 0.29) is 0 Å². The van der Waals surface area contributed by atoms with Crippen LogP contribution in [-0.4, -0.2) is 47.3 Å². The highest BCUT2D eigenvalue weighted by Gasteiger charge is 2.40. The number of anilines is 3. The molecule has 3 heterocycles. The number of ether oxygens (including phenoxy) is 2. The van der Waals surface area contributed by atoms with Crippen LogP contribution < -0.4 is 10.2 Å². The van der Waals surface area contributed by atoms with E-state index >= 15 is 0 Å². The highest BCUT2D eigenvalue weighted by atomic mass is 35.5. The maximum absolute atomic E-state index is 6.19. The van der Waals surface area contributed by atoms with E-state index in [2.05, 4.69) is 25.4 Å². The standard InChI is InChI=1S/C16H17Cl2N5O2/c17-11-2-1-3-12(18)14(11)20-13-10-19-22-15(21-13)23-6-4-16(5-7-23)24-8-9-25-16/h1-3,10H,4-9H2,(H,20,21,22). The van der Waals surface area contributed by atoms with Crippen LogP contribution in [0.5, 0.6) is 0 Å². The third-order valence-electron chi connectivity index (χ3n) is 4.39. The van der Waals surface area contributed by atoms with Crippen LogP contribution in [0.4, 0.5) is 17.5 Å². The second-order valence-electron chi connectivity index (χ2n) is 5.96. The number of hydrogen-bond acceptors (Lipinski definition) is 7. The van der Waals surface area contributed by atoms with Gasteiger partial charge >= 0.3 is 0 Å². The van der Waals surface area contributed by atoms with E-state index in [0.29, 0.717) is 40.7 Å². The van der Waals surface area contributed by atoms with Crippen molar-refractivity contribution in [3.8, 4) is 0 Å². The first-order valence-electron chi connectivity index (χ1n) is 8.09. The lowest BCUT2D eigenvalue weighted by Crippen LogP contribution is -2.45. The first-order valence-corrected chi connectivity index (χ1v) is 8.84. The van der Waals surface area contributed by atoms with Crippen molar-refractivity contribution in [3.05, 3.63) is 34.4 Å². The Kier molecular flexibility index (Phi) is 4.64. The van der Waals surface area contributed by atoms with Gasteiger partial charge in [-0.05, 0) is 12.1 Å². The Morgan fingerprint density at radius 1 is 1.08 bits per heavy atom. The first-order chi connectivity index (χ1) is 12.2. The molecule has 0 unspecified atom stereocenters. The molecule has 0 radical (unpaired) electrons. The Bertz CT molecular complexity index is 740. The molecular weight excluding hydrogens is 365 g/mol. The van der Waals surface area contributed by atoms with Crippen LogP contribution >= 0.6 is 23.2 Å². The molecule has 2 saturated heterocycles. The molecule has 2 aliphatic rings. The Morgan fingerprint density at radius 3 is 2.44 bits per heavy atom. The van der Waals surface area contributed by atoms with E-state index in [1.807, 2.05) is 0 Å². The summed E-state index contributed by atoms with van der Waals surface area (Å²) in [5.41, 5.74) is 0.600. The molecule has 1 spiro atoms. The van der Waals surface area contributed by atoms with Crippen molar-refractivity contribution in [1.29, 1.82) is 0 Å². The molecule has 2 aromatic rings. The molecule has 1 aromatic carbocycles. The molecule has 2 aliphatic heterocycles. The van der Waals surface area contributed by atoms with Crippen molar-refractivity contribution in [2.75, 3.05) is 36.5 Å². The molecule has 0 saturated carbocycles. The second-order valence-corrected chi connectivity index (χ2v) is 6.77. The van der Waals surface area contributed by atoms with Gasteiger partial charge in [-0.15, -0.1) is 5.10 Å². The van der Waals surface area contributed by atoms with E-state index in [4.69, 9.17) is 32.7 Å². The largest absolute Gasteiger partial charge is 0.347 e. The smallest absolute Gasteiger partial charge is 0.247 e. The van der Waals surface area contributed by atoms with Gasteiger partial charge in [0.2, 0.25) is 5.95 Å². The lowest BCUT2D eigenvalue weighted by atomic mass is 10.0. The number of nitrogens with one attached hydrogen (secondary N) is 1. The summed E-state index contributed by atoms with van der Waals surface area (Å²) in [7, 11) is 0. The van der Waals surface area contributed by atoms with Gasteiger partial charge in [-0.2, -0.15) is 10.1 Å². The molecule has 132 valence electrons. The average molecular weight is 382 g/mol. The summed E-state index contributed by atoms with van der Waals surface area (Å²) < 4.78 is 11.5. The first kappa shape index (κ1) is 16.8. The topological polar surface area (TPSA) is 72.4 Å². The molecule has 0 bridgehead atoms. The molecule has 1 aromatic heterocycles. The molecule has 0 aliphatic carbocycles. The van der Waals surface area contributed by atoms with Crippen molar-refractivity contribution in [1.82, 2.24) is 15.2 Å². The minimum atomic E-state index is -0.426. The SMILES string of the molecule is Clc1cccc(Cl)c1Nc1cnnc(N2CCC3(CC2)OCCO3)n1. The summed E-state index contributed by atoms with van der Waals surface area (Å²) in [5.74, 6) is 0.667. The van der Waals surface area contributed by atoms with Crippen molar-refractivity contribution in [2.45, 2.75) is 18.6 Å². The number of rotatable bonds is 3. The summed E-state index contributed by atoms with van der Waals surface area (Å²) in [6.45, 7) is 2.82. The van der Waals surface area contributed by atoms with E-state index in [1.165, 1.54) is 6.20 Å². The Balaban J connectivity index is 1.48. The van der Waals surface area contributed by atoms with E-state index in [1.54, 1.807) is 18.2 Å². The maximum atomic E-state index is 6.19. The molecule has 1 N–H and O–H groups in total. The minimum Gasteiger partial charge on any atom is -0.347 e. The van der Waals surface area contributed by atoms with Crippen LogP contribution in [0.3, 0.4) is 0 Å². The van der Waals surface area contributed by atoms with Gasteiger partial charge in [0, 0.05) is 25.9 Å². The van der Waals surface area contributed by atoms with Gasteiger partial charge < -0.3 is 19.7 Å². The Hall–Kier alpha value is -1.67. The van der Waals surface area contributed by atoms with Gasteiger partial charge in [0.1, 0.15) is 0 Å². The van der Waals surface area contributed by atoms with Gasteiger partial charge in [0.25, 0.3) is 0 Å². The third-order valence-corrected chi connectivity index (χ3v) is 5.02. The van der Waals surface area contributed by atoms with Crippen LogP contribution in [0.1, 0.15) is 12.8 Å². The van der Waals surface area contributed by atoms with Crippen molar-refractivity contribution < 1.29 is 9.47 Å². The lowest BCUT2D eigenvalue weighted by molar-refractivity contribution is -0.169. The number of benzene rings is 1. The molecule has 9 heteroatoms. The molecular formula is C16H17Cl2N5O2. The molecule has 7 nitrogen and oxygen atoms in total. The van der Waals surface area contributed by atoms with E-state index < -0.39 is 5.79 Å². The summed E-state index contributed by atoms with van der Waals surface area (Å²) >= 11 is 12.4. The fourth-order valence-corrected chi connectivity index (χ4v) is 3.56. The van der Waals surface area contributed by atoms with Gasteiger partial charge in [0.15, 0.2) is 11.6 Å². The number of piperidine rings is 1. The van der Waals surface area contributed by atoms with Crippen molar-refractivity contribution in [3.63, 3.8) is 0 Å². The fourth-order valence-electron chi connectivity index (χ4n) is 3.07. The van der Waals surface area contributed by atoms with Crippen LogP contribution in [-0.2, 0) is 9.47 Å². The third kappa shape index (κ3) is 3.50. The zero-order valence-corrected chi connectivity index (χ0v) is 14.9. The van der Waals surface area contributed by atoms with E-state index in [9.17, 15) is 0 Å². The van der Waals surface area contributed by atoms with Gasteiger partial charge in [0.05, 0.1) is 35.1 Å². The molecule has 4 rings (SSSR count). The molecule has 0 atom stereocenters. The number of nitrogens with zero attached hydrogens (tertiary/aromatic N) is 4. The summed E-state index contributed by atoms with van der Waals surface area (Å²) in [4.78, 5) is 6.60. The fraction of sp³-hybridized carbons (Fsp3) is 0.438. The Labute approximate surface area is 155 Å². The summed E-state index contributed by atoms with van der Waals surface area (Å²) in [6.07, 6.45) is 3.10. The zero-order valence-electron chi connectivity index (χ0n) is 13.4. The van der Waals surface area contributed by atoms with Crippen LogP contribution in [0.2, 0.25) is 10.0 Å². The number of halogens is 2. The monoisotopic (exact) mass is 381 g/mol. The minimum absolute atomic E-state index is 0.426. The quantitative estimate of drug-likeness (QED) is 0.874. The maximum Gasteiger partial charge on any atom is 0.247 e. The normalized spacial score (nSPS) is 19.4. The molecule has 25 heavy (non-hydrogen) atoms. The molecule has 0 amide bonds. The summed E-state index contributed by atoms with van der Waals surface area (Å²) in [6, 6.07) is 5.31. The predicted molar refractivity (Wildman–Crippen MR) is 95.7 cm³/mol. The molecule has 2 fully saturated rings. The highest BCUT2D eigenvalue weighted by molar-refractivity contribution is 6.39. The second kappa shape index (κ2) is 6.92. The van der Waals surface area contributed by atoms with Gasteiger partial charge in [-0.25, -0.2) is 0 Å². The predicted octanol–water partition coefficient (Wildman–Crippen LogP) is 3.27. The van der Waals surface area contributed by atoms with E-state index in [0.717, 1.165) is 25.9 Å². The lowest BCUT2D eigenvalue weighted by Gasteiger charge is -2.37. The number of para-hydroxylation sites is 1. The number of hydrogen-bond donors (Lipinski definition) is 1. The van der Waals surface area contributed by atoms with Gasteiger partial charge in [-0.3, -0.25) is 0 Å².